The molecule has 0 spiro atoms. The van der Waals surface area contributed by atoms with Crippen molar-refractivity contribution in [3.05, 3.63) is 0 Å². The summed E-state index contributed by atoms with van der Waals surface area (Å²) in [6, 6.07) is 0. The molecular weight excluding hydrogens is 584 g/mol. The molecule has 46 heavy (non-hydrogen) atoms. The highest BCUT2D eigenvalue weighted by Gasteiger charge is 2.69. The number of ether oxygens (including phenoxy) is 3. The SMILES string of the molecule is CC1C2CC(C(O)C3CC4CCC3C4)C(C2)C1C1C(=O)OC(=O)C1C1C(C)C2CC1C(C(=O)OC(C)(C)C)C2C(=O)OC(C)(C)C. The second-order valence-electron chi connectivity index (χ2n) is 18.7. The summed E-state index contributed by atoms with van der Waals surface area (Å²) in [5, 5.41) is 11.8. The molecular formula is C38H56O8. The Kier molecular flexibility index (Phi) is 7.81. The number of aliphatic hydroxyl groups excluding tert-OH is 1. The van der Waals surface area contributed by atoms with Crippen molar-refractivity contribution in [2.24, 2.45) is 94.7 Å². The van der Waals surface area contributed by atoms with Gasteiger partial charge in [-0.15, -0.1) is 0 Å². The number of hydrogen-bond acceptors (Lipinski definition) is 8. The Morgan fingerprint density at radius 1 is 0.696 bits per heavy atom. The van der Waals surface area contributed by atoms with Gasteiger partial charge in [0, 0.05) is 0 Å². The van der Waals surface area contributed by atoms with Crippen LogP contribution < -0.4 is 0 Å². The predicted molar refractivity (Wildman–Crippen MR) is 168 cm³/mol. The largest absolute Gasteiger partial charge is 0.460 e. The predicted octanol–water partition coefficient (Wildman–Crippen LogP) is 5.83. The van der Waals surface area contributed by atoms with Crippen LogP contribution in [-0.2, 0) is 33.4 Å². The van der Waals surface area contributed by atoms with E-state index in [-0.39, 0.29) is 59.4 Å². The number of hydrogen-bond donors (Lipinski definition) is 1. The molecule has 17 unspecified atom stereocenters. The Morgan fingerprint density at radius 3 is 1.76 bits per heavy atom. The number of fused-ring (bicyclic) bond motifs is 6. The Labute approximate surface area is 274 Å². The van der Waals surface area contributed by atoms with E-state index in [1.165, 1.54) is 19.3 Å². The van der Waals surface area contributed by atoms with E-state index in [9.17, 15) is 24.3 Å². The molecule has 0 aromatic carbocycles. The maximum atomic E-state index is 13.9. The van der Waals surface area contributed by atoms with Gasteiger partial charge in [-0.05, 0) is 151 Å². The zero-order valence-electron chi connectivity index (χ0n) is 29.1. The summed E-state index contributed by atoms with van der Waals surface area (Å²) in [6.45, 7) is 15.3. The number of carbonyl (C=O) groups excluding carboxylic acids is 4. The molecule has 1 N–H and O–H groups in total. The molecule has 0 radical (unpaired) electrons. The number of aliphatic hydroxyl groups is 1. The summed E-state index contributed by atoms with van der Waals surface area (Å²) in [4.78, 5) is 55.1. The van der Waals surface area contributed by atoms with E-state index in [1.54, 1.807) is 0 Å². The van der Waals surface area contributed by atoms with Gasteiger partial charge >= 0.3 is 23.9 Å². The summed E-state index contributed by atoms with van der Waals surface area (Å²) in [5.74, 6) is -2.42. The van der Waals surface area contributed by atoms with Gasteiger partial charge in [-0.2, -0.15) is 0 Å². The minimum atomic E-state index is -0.741. The quantitative estimate of drug-likeness (QED) is 0.219. The van der Waals surface area contributed by atoms with Crippen molar-refractivity contribution in [2.45, 2.75) is 118 Å². The molecule has 7 aliphatic rings. The molecule has 6 bridgehead atoms. The van der Waals surface area contributed by atoms with Gasteiger partial charge in [0.05, 0.1) is 29.8 Å². The van der Waals surface area contributed by atoms with Crippen LogP contribution in [0.3, 0.4) is 0 Å². The van der Waals surface area contributed by atoms with Gasteiger partial charge < -0.3 is 19.3 Å². The monoisotopic (exact) mass is 640 g/mol. The lowest BCUT2D eigenvalue weighted by Gasteiger charge is -2.45. The summed E-state index contributed by atoms with van der Waals surface area (Å²) >= 11 is 0. The van der Waals surface area contributed by atoms with Gasteiger partial charge in [0.1, 0.15) is 11.2 Å². The minimum absolute atomic E-state index is 0.0334. The third-order valence-corrected chi connectivity index (χ3v) is 14.2. The average Bonchev–Trinajstić information content (AvgIpc) is 3.78. The molecule has 0 aromatic heterocycles. The molecule has 1 heterocycles. The van der Waals surface area contributed by atoms with E-state index >= 15 is 0 Å². The van der Waals surface area contributed by atoms with Crippen LogP contribution in [-0.4, -0.2) is 46.3 Å². The maximum absolute atomic E-state index is 13.9. The molecule has 17 atom stereocenters. The fraction of sp³-hybridized carbons (Fsp3) is 0.895. The van der Waals surface area contributed by atoms with Gasteiger partial charge in [0.25, 0.3) is 0 Å². The summed E-state index contributed by atoms with van der Waals surface area (Å²) in [5.41, 5.74) is -1.44. The zero-order valence-corrected chi connectivity index (χ0v) is 29.1. The van der Waals surface area contributed by atoms with Crippen LogP contribution in [0.25, 0.3) is 0 Å². The summed E-state index contributed by atoms with van der Waals surface area (Å²) < 4.78 is 17.3. The molecule has 7 rings (SSSR count). The second-order valence-corrected chi connectivity index (χ2v) is 18.7. The van der Waals surface area contributed by atoms with Crippen LogP contribution in [0.1, 0.15) is 100 Å². The third-order valence-electron chi connectivity index (χ3n) is 14.2. The van der Waals surface area contributed by atoms with E-state index in [4.69, 9.17) is 14.2 Å². The van der Waals surface area contributed by atoms with E-state index in [0.717, 1.165) is 25.2 Å². The lowest BCUT2D eigenvalue weighted by molar-refractivity contribution is -0.179. The molecule has 0 aromatic rings. The molecule has 1 aliphatic heterocycles. The first-order valence-corrected chi connectivity index (χ1v) is 18.3. The van der Waals surface area contributed by atoms with Crippen molar-refractivity contribution in [3.63, 3.8) is 0 Å². The smallest absolute Gasteiger partial charge is 0.317 e. The normalized spacial score (nSPS) is 48.3. The Bertz CT molecular complexity index is 1280. The number of rotatable bonds is 6. The van der Waals surface area contributed by atoms with E-state index in [0.29, 0.717) is 24.2 Å². The van der Waals surface area contributed by atoms with Crippen molar-refractivity contribution >= 4 is 23.9 Å². The lowest BCUT2D eigenvalue weighted by atomic mass is 9.58. The van der Waals surface area contributed by atoms with Crippen molar-refractivity contribution in [1.82, 2.24) is 0 Å². The van der Waals surface area contributed by atoms with Crippen molar-refractivity contribution in [2.75, 3.05) is 0 Å². The van der Waals surface area contributed by atoms with Gasteiger partial charge in [-0.3, -0.25) is 19.2 Å². The van der Waals surface area contributed by atoms with Crippen molar-refractivity contribution in [1.29, 1.82) is 0 Å². The number of cyclic esters (lactones) is 2. The highest BCUT2D eigenvalue weighted by atomic mass is 16.6. The van der Waals surface area contributed by atoms with Crippen LogP contribution in [0.4, 0.5) is 0 Å². The fourth-order valence-corrected chi connectivity index (χ4v) is 12.8. The van der Waals surface area contributed by atoms with Crippen molar-refractivity contribution < 1.29 is 38.5 Å². The highest BCUT2D eigenvalue weighted by Crippen LogP contribution is 2.67. The number of esters is 4. The van der Waals surface area contributed by atoms with Gasteiger partial charge in [-0.25, -0.2) is 0 Å². The first-order chi connectivity index (χ1) is 21.4. The summed E-state index contributed by atoms with van der Waals surface area (Å²) in [7, 11) is 0. The van der Waals surface area contributed by atoms with Crippen LogP contribution in [0.15, 0.2) is 0 Å². The molecule has 8 nitrogen and oxygen atoms in total. The van der Waals surface area contributed by atoms with E-state index in [1.807, 2.05) is 41.5 Å². The first kappa shape index (κ1) is 32.6. The van der Waals surface area contributed by atoms with E-state index in [2.05, 4.69) is 13.8 Å². The molecule has 7 fully saturated rings. The van der Waals surface area contributed by atoms with Crippen LogP contribution in [0.2, 0.25) is 0 Å². The minimum Gasteiger partial charge on any atom is -0.460 e. The number of carbonyl (C=O) groups is 4. The fourth-order valence-electron chi connectivity index (χ4n) is 12.8. The zero-order chi connectivity index (χ0) is 33.2. The molecule has 6 saturated carbocycles. The average molecular weight is 641 g/mol. The van der Waals surface area contributed by atoms with Gasteiger partial charge in [0.15, 0.2) is 0 Å². The molecule has 0 amide bonds. The first-order valence-electron chi connectivity index (χ1n) is 18.3. The topological polar surface area (TPSA) is 116 Å². The van der Waals surface area contributed by atoms with Crippen LogP contribution >= 0.6 is 0 Å². The molecule has 6 aliphatic carbocycles. The Hall–Kier alpha value is -1.96. The Balaban J connectivity index is 1.18. The highest BCUT2D eigenvalue weighted by molar-refractivity contribution is 5.97. The van der Waals surface area contributed by atoms with E-state index < -0.39 is 52.8 Å². The van der Waals surface area contributed by atoms with Crippen molar-refractivity contribution in [3.8, 4) is 0 Å². The summed E-state index contributed by atoms with van der Waals surface area (Å²) in [6.07, 6.45) is 7.15. The lowest BCUT2D eigenvalue weighted by Crippen LogP contribution is -2.50. The standard InChI is InChI=1S/C38H56O8/c1-16-20-13-23(24(14-20)32(39)22-12-18-9-10-19(22)11-18)26(16)30-31(34(41)44-33(30)40)27-17(2)21-15-25(27)29(36(43)46-38(6,7)8)28(21)35(42)45-37(3,4)5/h16-32,39H,9-15H2,1-8H3. The van der Waals surface area contributed by atoms with Crippen LogP contribution in [0, 0.1) is 94.7 Å². The molecule has 8 heteroatoms. The maximum Gasteiger partial charge on any atom is 0.317 e. The Morgan fingerprint density at radius 2 is 1.26 bits per heavy atom. The van der Waals surface area contributed by atoms with Gasteiger partial charge in [0.2, 0.25) is 0 Å². The second kappa shape index (κ2) is 11.0. The molecule has 1 saturated heterocycles. The van der Waals surface area contributed by atoms with Gasteiger partial charge in [-0.1, -0.05) is 20.3 Å². The molecule has 256 valence electrons. The van der Waals surface area contributed by atoms with Crippen LogP contribution in [0.5, 0.6) is 0 Å². The third kappa shape index (κ3) is 5.17.